The maximum Gasteiger partial charge on any atom is 0.326 e. The fourth-order valence-corrected chi connectivity index (χ4v) is 5.55. The van der Waals surface area contributed by atoms with E-state index in [1.165, 1.54) is 0 Å². The predicted octanol–water partition coefficient (Wildman–Crippen LogP) is -0.268. The molecule has 0 aliphatic heterocycles. The number of nitrogens with zero attached hydrogens (tertiary/aromatic N) is 1. The van der Waals surface area contributed by atoms with Gasteiger partial charge < -0.3 is 54.0 Å². The lowest BCUT2D eigenvalue weighted by Gasteiger charge is -2.29. The van der Waals surface area contributed by atoms with Crippen LogP contribution in [0.15, 0.2) is 35.3 Å². The monoisotopic (exact) mass is 775 g/mol. The molecule has 55 heavy (non-hydrogen) atoms. The molecule has 7 atom stereocenters. The zero-order chi connectivity index (χ0) is 41.8. The van der Waals surface area contributed by atoms with Gasteiger partial charge >= 0.3 is 11.9 Å². The highest BCUT2D eigenvalue weighted by molar-refractivity contribution is 5.97. The minimum Gasteiger partial charge on any atom is -0.481 e. The van der Waals surface area contributed by atoms with Crippen LogP contribution in [0.25, 0.3) is 0 Å². The van der Waals surface area contributed by atoms with Crippen LogP contribution in [0.3, 0.4) is 0 Å². The molecule has 18 nitrogen and oxygen atoms in total. The van der Waals surface area contributed by atoms with Crippen LogP contribution in [0.5, 0.6) is 0 Å². The van der Waals surface area contributed by atoms with Crippen LogP contribution in [0.1, 0.15) is 85.6 Å². The fourth-order valence-electron chi connectivity index (χ4n) is 5.55. The Bertz CT molecular complexity index is 1470. The minimum absolute atomic E-state index is 0.0259. The Morgan fingerprint density at radius 1 is 0.691 bits per heavy atom. The number of carbonyl (C=O) groups is 7. The molecule has 0 aliphatic carbocycles. The first-order chi connectivity index (χ1) is 25.7. The molecule has 0 unspecified atom stereocenters. The van der Waals surface area contributed by atoms with Crippen LogP contribution in [0.2, 0.25) is 0 Å². The molecule has 0 heterocycles. The Morgan fingerprint density at radius 3 is 1.65 bits per heavy atom. The van der Waals surface area contributed by atoms with Gasteiger partial charge in [0, 0.05) is 6.54 Å². The highest BCUT2D eigenvalue weighted by atomic mass is 16.4. The lowest BCUT2D eigenvalue weighted by atomic mass is 9.96. The molecule has 13 N–H and O–H groups in total. The van der Waals surface area contributed by atoms with Crippen LogP contribution in [0.4, 0.5) is 0 Å². The summed E-state index contributed by atoms with van der Waals surface area (Å²) in [5.41, 5.74) is 17.6. The van der Waals surface area contributed by atoms with Gasteiger partial charge in [-0.15, -0.1) is 0 Å². The molecule has 0 aromatic heterocycles. The first-order valence-corrected chi connectivity index (χ1v) is 18.6. The molecule has 0 radical (unpaired) electrons. The van der Waals surface area contributed by atoms with Gasteiger partial charge in [-0.05, 0) is 55.4 Å². The second kappa shape index (κ2) is 24.2. The average molecular weight is 776 g/mol. The van der Waals surface area contributed by atoms with E-state index in [-0.39, 0.29) is 56.4 Å². The molecule has 1 rings (SSSR count). The molecule has 0 bridgehead atoms. The number of amides is 5. The number of carboxylic acids is 2. The lowest BCUT2D eigenvalue weighted by Crippen LogP contribution is -2.60. The van der Waals surface area contributed by atoms with Crippen molar-refractivity contribution in [1.29, 1.82) is 0 Å². The minimum atomic E-state index is -1.69. The van der Waals surface area contributed by atoms with Crippen LogP contribution < -0.4 is 43.8 Å². The van der Waals surface area contributed by atoms with Crippen molar-refractivity contribution in [2.24, 2.45) is 39.9 Å². The number of rotatable bonds is 25. The van der Waals surface area contributed by atoms with E-state index in [0.717, 1.165) is 5.56 Å². The molecule has 0 saturated heterocycles. The van der Waals surface area contributed by atoms with E-state index in [0.29, 0.717) is 6.42 Å². The van der Waals surface area contributed by atoms with E-state index < -0.39 is 90.1 Å². The summed E-state index contributed by atoms with van der Waals surface area (Å²) in [6, 6.07) is 1.53. The molecule has 0 aliphatic rings. The third-order valence-electron chi connectivity index (χ3n) is 8.68. The van der Waals surface area contributed by atoms with E-state index in [1.807, 2.05) is 44.2 Å². The Labute approximate surface area is 322 Å². The first-order valence-electron chi connectivity index (χ1n) is 18.6. The zero-order valence-electron chi connectivity index (χ0n) is 32.7. The SMILES string of the molecule is CC[C@H](C)[C@H](NC(=O)[C@H](CC(=O)O)NC(=O)[C@H](CC(C)C)NC(=O)[C@H](CC(C)C)NC(=O)[C@@H](N)Cc1ccccc1)C(=O)N[C@@H](CCCN=C(N)N)C(=O)O. The molecule has 18 heteroatoms. The standard InChI is InChI=1S/C37H61N9O9/c1-7-22(6)30(35(53)42-25(36(54)55)14-11-15-41-37(39)40)46-34(52)28(19-29(47)48)45-33(51)27(17-21(4)5)44-32(50)26(16-20(2)3)43-31(49)24(38)18-23-12-9-8-10-13-23/h8-10,12-13,20-22,24-28,30H,7,11,14-19,38H2,1-6H3,(H,42,53)(H,43,49)(H,44,50)(H,45,51)(H,46,52)(H,47,48)(H,54,55)(H4,39,40,41)/t22-,24-,25-,26-,27-,28-,30-/m0/s1. The third kappa shape index (κ3) is 18.6. The van der Waals surface area contributed by atoms with E-state index in [1.54, 1.807) is 27.7 Å². The molecule has 0 saturated carbocycles. The van der Waals surface area contributed by atoms with Crippen LogP contribution in [-0.2, 0) is 40.0 Å². The van der Waals surface area contributed by atoms with Crippen molar-refractivity contribution in [3.63, 3.8) is 0 Å². The van der Waals surface area contributed by atoms with Crippen molar-refractivity contribution in [1.82, 2.24) is 26.6 Å². The van der Waals surface area contributed by atoms with E-state index >= 15 is 0 Å². The largest absolute Gasteiger partial charge is 0.481 e. The normalized spacial score (nSPS) is 14.9. The Kier molecular flexibility index (Phi) is 21.0. The molecular formula is C37H61N9O9. The van der Waals surface area contributed by atoms with E-state index in [2.05, 4.69) is 31.6 Å². The number of aliphatic imine (C=N–C) groups is 1. The van der Waals surface area contributed by atoms with Crippen molar-refractivity contribution in [2.75, 3.05) is 6.54 Å². The number of hydrogen-bond acceptors (Lipinski definition) is 9. The molecular weight excluding hydrogens is 714 g/mol. The van der Waals surface area contributed by atoms with Gasteiger partial charge in [0.25, 0.3) is 0 Å². The molecule has 0 spiro atoms. The van der Waals surface area contributed by atoms with Crippen molar-refractivity contribution in [2.45, 2.75) is 123 Å². The number of guanidine groups is 1. The Morgan fingerprint density at radius 2 is 1.18 bits per heavy atom. The molecule has 308 valence electrons. The smallest absolute Gasteiger partial charge is 0.326 e. The number of hydrogen-bond donors (Lipinski definition) is 10. The Balaban J connectivity index is 3.21. The molecule has 1 aromatic rings. The summed E-state index contributed by atoms with van der Waals surface area (Å²) >= 11 is 0. The zero-order valence-corrected chi connectivity index (χ0v) is 32.7. The van der Waals surface area contributed by atoms with Gasteiger partial charge in [0.2, 0.25) is 29.5 Å². The summed E-state index contributed by atoms with van der Waals surface area (Å²) in [7, 11) is 0. The predicted molar refractivity (Wildman–Crippen MR) is 206 cm³/mol. The van der Waals surface area contributed by atoms with Gasteiger partial charge in [0.1, 0.15) is 30.2 Å². The summed E-state index contributed by atoms with van der Waals surface area (Å²) < 4.78 is 0. The van der Waals surface area contributed by atoms with E-state index in [4.69, 9.17) is 17.2 Å². The van der Waals surface area contributed by atoms with Gasteiger partial charge in [0.15, 0.2) is 5.96 Å². The van der Waals surface area contributed by atoms with Gasteiger partial charge in [-0.25, -0.2) is 4.79 Å². The van der Waals surface area contributed by atoms with Gasteiger partial charge in [-0.1, -0.05) is 78.3 Å². The van der Waals surface area contributed by atoms with Crippen LogP contribution in [-0.4, -0.2) is 100 Å². The first kappa shape index (κ1) is 47.8. The quantitative estimate of drug-likeness (QED) is 0.0349. The number of carbonyl (C=O) groups excluding carboxylic acids is 5. The van der Waals surface area contributed by atoms with Gasteiger partial charge in [-0.2, -0.15) is 0 Å². The number of carboxylic acid groups (broad SMARTS) is 2. The summed E-state index contributed by atoms with van der Waals surface area (Å²) in [5, 5.41) is 32.0. The number of nitrogens with two attached hydrogens (primary N) is 3. The maximum absolute atomic E-state index is 13.7. The van der Waals surface area contributed by atoms with E-state index in [9.17, 15) is 43.8 Å². The third-order valence-corrected chi connectivity index (χ3v) is 8.68. The van der Waals surface area contributed by atoms with Crippen molar-refractivity contribution in [3.05, 3.63) is 35.9 Å². The van der Waals surface area contributed by atoms with Gasteiger partial charge in [0.05, 0.1) is 12.5 Å². The number of nitrogens with one attached hydrogen (secondary N) is 5. The fraction of sp³-hybridized carbons (Fsp3) is 0.622. The average Bonchev–Trinajstić information content (AvgIpc) is 3.09. The number of benzene rings is 1. The highest BCUT2D eigenvalue weighted by Gasteiger charge is 2.35. The maximum atomic E-state index is 13.7. The van der Waals surface area contributed by atoms with Crippen LogP contribution in [0, 0.1) is 17.8 Å². The van der Waals surface area contributed by atoms with Crippen molar-refractivity contribution >= 4 is 47.4 Å². The second-order valence-electron chi connectivity index (χ2n) is 14.6. The molecule has 5 amide bonds. The Hall–Kier alpha value is -5.26. The summed E-state index contributed by atoms with van der Waals surface area (Å²) in [6.07, 6.45) is 0.228. The highest BCUT2D eigenvalue weighted by Crippen LogP contribution is 2.13. The topological polar surface area (TPSA) is 311 Å². The van der Waals surface area contributed by atoms with Gasteiger partial charge in [-0.3, -0.25) is 33.8 Å². The molecule has 0 fully saturated rings. The summed E-state index contributed by atoms with van der Waals surface area (Å²) in [5.74, 6) is -7.61. The summed E-state index contributed by atoms with van der Waals surface area (Å²) in [6.45, 7) is 10.8. The second-order valence-corrected chi connectivity index (χ2v) is 14.6. The summed E-state index contributed by atoms with van der Waals surface area (Å²) in [4.78, 5) is 94.9. The van der Waals surface area contributed by atoms with Crippen molar-refractivity contribution < 1.29 is 43.8 Å². The van der Waals surface area contributed by atoms with Crippen LogP contribution >= 0.6 is 0 Å². The lowest BCUT2D eigenvalue weighted by molar-refractivity contribution is -0.144. The molecule has 1 aromatic carbocycles. The van der Waals surface area contributed by atoms with Crippen molar-refractivity contribution in [3.8, 4) is 0 Å². The number of aliphatic carboxylic acids is 2.